The van der Waals surface area contributed by atoms with Crippen LogP contribution in [0.5, 0.6) is 0 Å². The van der Waals surface area contributed by atoms with Gasteiger partial charge in [-0.25, -0.2) is 18.7 Å². The number of carbonyl (C=O) groups excluding carboxylic acids is 1. The van der Waals surface area contributed by atoms with Gasteiger partial charge in [-0.1, -0.05) is 0 Å². The predicted octanol–water partition coefficient (Wildman–Crippen LogP) is 2.86. The van der Waals surface area contributed by atoms with E-state index in [2.05, 4.69) is 30.6 Å². The Kier molecular flexibility index (Phi) is 5.39. The molecule has 1 amide bonds. The lowest BCUT2D eigenvalue weighted by molar-refractivity contribution is 0.0886. The van der Waals surface area contributed by atoms with Gasteiger partial charge >= 0.3 is 0 Å². The molecule has 0 aliphatic carbocycles. The SMILES string of the molecule is O=C(NCC(F)F)c1cnc2ccc(-c3c[nH]c4nc(NC5CCOCC5)ncc34)cn12. The number of anilines is 1. The van der Waals surface area contributed by atoms with Crippen molar-refractivity contribution in [1.29, 1.82) is 0 Å². The number of alkyl halides is 2. The van der Waals surface area contributed by atoms with Gasteiger partial charge in [0.05, 0.1) is 12.7 Å². The molecule has 0 bridgehead atoms. The minimum absolute atomic E-state index is 0.182. The number of aromatic nitrogens is 5. The van der Waals surface area contributed by atoms with Gasteiger partial charge in [0, 0.05) is 54.4 Å². The molecule has 166 valence electrons. The van der Waals surface area contributed by atoms with E-state index in [1.54, 1.807) is 22.9 Å². The Morgan fingerprint density at radius 1 is 1.25 bits per heavy atom. The third-order valence-corrected chi connectivity index (χ3v) is 5.45. The number of carbonyl (C=O) groups is 1. The summed E-state index contributed by atoms with van der Waals surface area (Å²) in [6.45, 7) is 0.743. The monoisotopic (exact) mass is 441 g/mol. The number of rotatable bonds is 6. The molecular weight excluding hydrogens is 420 g/mol. The molecule has 32 heavy (non-hydrogen) atoms. The first-order valence-electron chi connectivity index (χ1n) is 10.3. The number of imidazole rings is 1. The smallest absolute Gasteiger partial charge is 0.270 e. The summed E-state index contributed by atoms with van der Waals surface area (Å²) in [5.41, 5.74) is 3.06. The number of nitrogens with one attached hydrogen (secondary N) is 3. The maximum Gasteiger partial charge on any atom is 0.270 e. The van der Waals surface area contributed by atoms with Crippen LogP contribution in [0.1, 0.15) is 23.3 Å². The average molecular weight is 441 g/mol. The third kappa shape index (κ3) is 3.98. The standard InChI is InChI=1S/C21H21F2N7O2/c22-17(23)10-26-20(31)16-9-24-18-2-1-12(11-30(16)18)14-7-25-19-15(14)8-27-21(29-19)28-13-3-5-32-6-4-13/h1-2,7-9,11,13,17H,3-6,10H2,(H,26,31)(H2,25,27,28,29). The largest absolute Gasteiger partial charge is 0.381 e. The van der Waals surface area contributed by atoms with Gasteiger partial charge < -0.3 is 20.4 Å². The van der Waals surface area contributed by atoms with Crippen molar-refractivity contribution in [3.63, 3.8) is 0 Å². The number of ether oxygens (including phenoxy) is 1. The lowest BCUT2D eigenvalue weighted by atomic mass is 10.1. The normalized spacial score (nSPS) is 15.0. The highest BCUT2D eigenvalue weighted by Gasteiger charge is 2.17. The number of amides is 1. The zero-order valence-electron chi connectivity index (χ0n) is 17.0. The number of hydrogen-bond donors (Lipinski definition) is 3. The quantitative estimate of drug-likeness (QED) is 0.425. The second kappa shape index (κ2) is 8.50. The van der Waals surface area contributed by atoms with Gasteiger partial charge in [-0.05, 0) is 25.0 Å². The van der Waals surface area contributed by atoms with E-state index in [-0.39, 0.29) is 11.7 Å². The fourth-order valence-electron chi connectivity index (χ4n) is 3.81. The van der Waals surface area contributed by atoms with Gasteiger partial charge in [-0.15, -0.1) is 0 Å². The van der Waals surface area contributed by atoms with E-state index in [4.69, 9.17) is 4.74 Å². The van der Waals surface area contributed by atoms with Crippen LogP contribution in [0.2, 0.25) is 0 Å². The Morgan fingerprint density at radius 2 is 2.09 bits per heavy atom. The molecule has 11 heteroatoms. The minimum atomic E-state index is -2.62. The van der Waals surface area contributed by atoms with Gasteiger partial charge in [-0.3, -0.25) is 9.20 Å². The second-order valence-electron chi connectivity index (χ2n) is 7.58. The molecule has 1 fully saturated rings. The van der Waals surface area contributed by atoms with Gasteiger partial charge in [0.2, 0.25) is 5.95 Å². The van der Waals surface area contributed by atoms with Crippen LogP contribution in [0.25, 0.3) is 27.8 Å². The maximum absolute atomic E-state index is 12.4. The average Bonchev–Trinajstić information content (AvgIpc) is 3.41. The molecule has 0 spiro atoms. The van der Waals surface area contributed by atoms with E-state index >= 15 is 0 Å². The summed E-state index contributed by atoms with van der Waals surface area (Å²) in [6, 6.07) is 3.92. The molecule has 3 N–H and O–H groups in total. The Morgan fingerprint density at radius 3 is 2.91 bits per heavy atom. The van der Waals surface area contributed by atoms with Gasteiger partial charge in [0.25, 0.3) is 12.3 Å². The van der Waals surface area contributed by atoms with Crippen molar-refractivity contribution < 1.29 is 18.3 Å². The summed E-state index contributed by atoms with van der Waals surface area (Å²) in [6.07, 6.45) is 5.90. The molecule has 1 saturated heterocycles. The highest BCUT2D eigenvalue weighted by Crippen LogP contribution is 2.28. The van der Waals surface area contributed by atoms with E-state index in [0.29, 0.717) is 17.2 Å². The lowest BCUT2D eigenvalue weighted by Crippen LogP contribution is -2.29. The van der Waals surface area contributed by atoms with Crippen molar-refractivity contribution in [3.8, 4) is 11.1 Å². The molecule has 4 aromatic heterocycles. The van der Waals surface area contributed by atoms with E-state index in [0.717, 1.165) is 42.6 Å². The lowest BCUT2D eigenvalue weighted by Gasteiger charge is -2.22. The zero-order valence-corrected chi connectivity index (χ0v) is 17.0. The molecule has 0 radical (unpaired) electrons. The van der Waals surface area contributed by atoms with Crippen LogP contribution >= 0.6 is 0 Å². The number of H-pyrrole nitrogens is 1. The van der Waals surface area contributed by atoms with Crippen molar-refractivity contribution in [2.24, 2.45) is 0 Å². The highest BCUT2D eigenvalue weighted by molar-refractivity contribution is 5.95. The van der Waals surface area contributed by atoms with Gasteiger partial charge in [-0.2, -0.15) is 4.98 Å². The van der Waals surface area contributed by atoms with Crippen LogP contribution < -0.4 is 10.6 Å². The van der Waals surface area contributed by atoms with Crippen molar-refractivity contribution in [1.82, 2.24) is 29.7 Å². The maximum atomic E-state index is 12.4. The molecule has 0 saturated carbocycles. The number of fused-ring (bicyclic) bond motifs is 2. The van der Waals surface area contributed by atoms with Crippen LogP contribution in [0.4, 0.5) is 14.7 Å². The molecule has 4 aromatic rings. The third-order valence-electron chi connectivity index (χ3n) is 5.45. The molecular formula is C21H21F2N7O2. The fraction of sp³-hybridized carbons (Fsp3) is 0.333. The Labute approximate surface area is 181 Å². The number of halogens is 2. The molecule has 5 heterocycles. The van der Waals surface area contributed by atoms with Gasteiger partial charge in [0.1, 0.15) is 17.0 Å². The number of aromatic amines is 1. The highest BCUT2D eigenvalue weighted by atomic mass is 19.3. The van der Waals surface area contributed by atoms with Crippen molar-refractivity contribution >= 4 is 28.5 Å². The number of hydrogen-bond acceptors (Lipinski definition) is 6. The summed E-state index contributed by atoms with van der Waals surface area (Å²) in [5.74, 6) is -0.0538. The molecule has 0 unspecified atom stereocenters. The first-order valence-corrected chi connectivity index (χ1v) is 10.3. The van der Waals surface area contributed by atoms with E-state index in [1.807, 2.05) is 12.3 Å². The van der Waals surface area contributed by atoms with Crippen LogP contribution in [-0.2, 0) is 4.74 Å². The Hall–Kier alpha value is -3.60. The number of nitrogens with zero attached hydrogens (tertiary/aromatic N) is 4. The van der Waals surface area contributed by atoms with Crippen LogP contribution in [0.15, 0.2) is 36.9 Å². The zero-order chi connectivity index (χ0) is 22.1. The Bertz CT molecular complexity index is 1260. The second-order valence-corrected chi connectivity index (χ2v) is 7.58. The molecule has 1 aliphatic heterocycles. The van der Waals surface area contributed by atoms with E-state index in [9.17, 15) is 13.6 Å². The fourth-order valence-corrected chi connectivity index (χ4v) is 3.81. The molecule has 9 nitrogen and oxygen atoms in total. The van der Waals surface area contributed by atoms with Crippen LogP contribution in [0, 0.1) is 0 Å². The first-order chi connectivity index (χ1) is 15.6. The molecule has 1 aliphatic rings. The molecule has 0 atom stereocenters. The summed E-state index contributed by atoms with van der Waals surface area (Å²) in [4.78, 5) is 28.7. The van der Waals surface area contributed by atoms with E-state index in [1.165, 1.54) is 6.20 Å². The predicted molar refractivity (Wildman–Crippen MR) is 114 cm³/mol. The van der Waals surface area contributed by atoms with E-state index < -0.39 is 18.9 Å². The van der Waals surface area contributed by atoms with Crippen molar-refractivity contribution in [2.45, 2.75) is 25.3 Å². The van der Waals surface area contributed by atoms with Crippen LogP contribution in [-0.4, -0.2) is 62.5 Å². The van der Waals surface area contributed by atoms with Crippen molar-refractivity contribution in [3.05, 3.63) is 42.6 Å². The van der Waals surface area contributed by atoms with Crippen LogP contribution in [0.3, 0.4) is 0 Å². The molecule has 0 aromatic carbocycles. The summed E-state index contributed by atoms with van der Waals surface area (Å²) in [5, 5.41) is 6.38. The topological polar surface area (TPSA) is 109 Å². The molecule has 5 rings (SSSR count). The summed E-state index contributed by atoms with van der Waals surface area (Å²) in [7, 11) is 0. The first kappa shape index (κ1) is 20.3. The van der Waals surface area contributed by atoms with Gasteiger partial charge in [0.15, 0.2) is 0 Å². The summed E-state index contributed by atoms with van der Waals surface area (Å²) >= 11 is 0. The Balaban J connectivity index is 1.43. The van der Waals surface area contributed by atoms with Crippen molar-refractivity contribution in [2.75, 3.05) is 25.1 Å². The number of pyridine rings is 1. The summed E-state index contributed by atoms with van der Waals surface area (Å²) < 4.78 is 31.9. The minimum Gasteiger partial charge on any atom is -0.381 e.